The highest BCUT2D eigenvalue weighted by Crippen LogP contribution is 2.23. The largest absolute Gasteiger partial charge is 0.472 e. The van der Waals surface area contributed by atoms with E-state index in [1.807, 2.05) is 6.20 Å². The second kappa shape index (κ2) is 5.28. The maximum Gasteiger partial charge on any atom is 0.226 e. The lowest BCUT2D eigenvalue weighted by Gasteiger charge is -2.05. The molecule has 0 saturated heterocycles. The smallest absolute Gasteiger partial charge is 0.226 e. The average molecular weight is 344 g/mol. The average Bonchev–Trinajstić information content (AvgIpc) is 3.04. The Hall–Kier alpha value is -1.64. The first-order valence-corrected chi connectivity index (χ1v) is 8.87. The molecule has 0 spiro atoms. The Morgan fingerprint density at radius 2 is 2.24 bits per heavy atom. The summed E-state index contributed by atoms with van der Waals surface area (Å²) >= 11 is 7.03. The summed E-state index contributed by atoms with van der Waals surface area (Å²) in [5.41, 5.74) is 1.65. The zero-order valence-electron chi connectivity index (χ0n) is 10.9. The van der Waals surface area contributed by atoms with Gasteiger partial charge in [-0.15, -0.1) is 0 Å². The second-order valence-corrected chi connectivity index (χ2v) is 7.88. The van der Waals surface area contributed by atoms with Crippen molar-refractivity contribution >= 4 is 38.5 Å². The molecule has 0 amide bonds. The number of aromatic nitrogens is 3. The number of rotatable bonds is 4. The van der Waals surface area contributed by atoms with E-state index in [-0.39, 0.29) is 16.7 Å². The zero-order chi connectivity index (χ0) is 15.0. The molecule has 0 aromatic carbocycles. The number of hydrogen-bond acceptors (Lipinski definition) is 6. The molecular formula is C12H10ClN3O3S2. The Balaban J connectivity index is 1.78. The topological polar surface area (TPSA) is 73.6 Å². The van der Waals surface area contributed by atoms with Gasteiger partial charge in [0.15, 0.2) is 9.84 Å². The van der Waals surface area contributed by atoms with Crippen LogP contribution in [0.5, 0.6) is 5.88 Å². The Morgan fingerprint density at radius 3 is 2.95 bits per heavy atom. The first-order chi connectivity index (χ1) is 9.93. The van der Waals surface area contributed by atoms with Gasteiger partial charge in [0.1, 0.15) is 10.8 Å². The van der Waals surface area contributed by atoms with Gasteiger partial charge in [0.25, 0.3) is 0 Å². The molecule has 6 nitrogen and oxygen atoms in total. The third-order valence-corrected chi connectivity index (χ3v) is 5.60. The van der Waals surface area contributed by atoms with Gasteiger partial charge < -0.3 is 9.14 Å². The highest BCUT2D eigenvalue weighted by atomic mass is 35.5. The molecule has 3 rings (SSSR count). The molecule has 3 aromatic heterocycles. The maximum atomic E-state index is 11.4. The number of nitrogens with zero attached hydrogens (tertiary/aromatic N) is 3. The van der Waals surface area contributed by atoms with Crippen molar-refractivity contribution in [3.05, 3.63) is 41.4 Å². The highest BCUT2D eigenvalue weighted by molar-refractivity contribution is 7.92. The van der Waals surface area contributed by atoms with E-state index in [0.29, 0.717) is 5.02 Å². The van der Waals surface area contributed by atoms with Gasteiger partial charge in [-0.05, 0) is 17.6 Å². The van der Waals surface area contributed by atoms with Crippen LogP contribution in [-0.2, 0) is 16.4 Å². The summed E-state index contributed by atoms with van der Waals surface area (Å²) in [4.78, 5) is 4.01. The van der Waals surface area contributed by atoms with E-state index in [2.05, 4.69) is 9.36 Å². The van der Waals surface area contributed by atoms with Gasteiger partial charge in [-0.1, -0.05) is 11.6 Å². The number of pyridine rings is 1. The summed E-state index contributed by atoms with van der Waals surface area (Å²) in [6.07, 6.45) is 6.30. The molecule has 0 N–H and O–H groups in total. The highest BCUT2D eigenvalue weighted by Gasteiger charge is 2.13. The predicted octanol–water partition coefficient (Wildman–Crippen LogP) is 2.43. The van der Waals surface area contributed by atoms with Gasteiger partial charge in [0.05, 0.1) is 23.1 Å². The number of imidazole rings is 1. The van der Waals surface area contributed by atoms with E-state index in [1.54, 1.807) is 23.0 Å². The molecule has 21 heavy (non-hydrogen) atoms. The first-order valence-electron chi connectivity index (χ1n) is 5.83. The Labute approximate surface area is 130 Å². The molecule has 0 radical (unpaired) electrons. The van der Waals surface area contributed by atoms with Gasteiger partial charge in [0, 0.05) is 24.1 Å². The molecule has 0 aliphatic rings. The molecular weight excluding hydrogens is 334 g/mol. The van der Waals surface area contributed by atoms with Crippen molar-refractivity contribution in [2.24, 2.45) is 0 Å². The van der Waals surface area contributed by atoms with Gasteiger partial charge in [0.2, 0.25) is 5.88 Å². The van der Waals surface area contributed by atoms with Crippen molar-refractivity contribution in [2.75, 3.05) is 6.26 Å². The minimum Gasteiger partial charge on any atom is -0.472 e. The molecule has 110 valence electrons. The number of hydrogen-bond donors (Lipinski definition) is 0. The lowest BCUT2D eigenvalue weighted by atomic mass is 10.3. The van der Waals surface area contributed by atoms with Crippen molar-refractivity contribution in [1.29, 1.82) is 0 Å². The third kappa shape index (κ3) is 3.02. The van der Waals surface area contributed by atoms with Crippen LogP contribution in [0.25, 0.3) is 5.52 Å². The van der Waals surface area contributed by atoms with Gasteiger partial charge in [-0.2, -0.15) is 4.37 Å². The molecule has 3 heterocycles. The van der Waals surface area contributed by atoms with E-state index in [9.17, 15) is 8.42 Å². The number of halogens is 1. The lowest BCUT2D eigenvalue weighted by Crippen LogP contribution is -1.98. The summed E-state index contributed by atoms with van der Waals surface area (Å²) in [6.45, 7) is 0.237. The maximum absolute atomic E-state index is 11.4. The van der Waals surface area contributed by atoms with Crippen LogP contribution >= 0.6 is 23.1 Å². The van der Waals surface area contributed by atoms with E-state index < -0.39 is 9.84 Å². The SMILES string of the molecule is CS(=O)(=O)c1cc(OCc2cc(Cl)c3cncn3c2)ns1. The van der Waals surface area contributed by atoms with Crippen molar-refractivity contribution < 1.29 is 13.2 Å². The third-order valence-electron chi connectivity index (χ3n) is 2.75. The number of fused-ring (bicyclic) bond motifs is 1. The Bertz CT molecular complexity index is 902. The second-order valence-electron chi connectivity index (χ2n) is 4.43. The fourth-order valence-corrected chi connectivity index (χ4v) is 3.46. The van der Waals surface area contributed by atoms with E-state index in [0.717, 1.165) is 28.9 Å². The van der Waals surface area contributed by atoms with E-state index >= 15 is 0 Å². The van der Waals surface area contributed by atoms with Crippen molar-refractivity contribution in [3.63, 3.8) is 0 Å². The fourth-order valence-electron chi connectivity index (χ4n) is 1.77. The summed E-state index contributed by atoms with van der Waals surface area (Å²) in [6, 6.07) is 3.19. The van der Waals surface area contributed by atoms with Crippen LogP contribution in [0.2, 0.25) is 5.02 Å². The first kappa shape index (κ1) is 14.3. The summed E-state index contributed by atoms with van der Waals surface area (Å²) in [7, 11) is -3.25. The minimum atomic E-state index is -3.25. The van der Waals surface area contributed by atoms with Crippen LogP contribution in [0.1, 0.15) is 5.56 Å². The van der Waals surface area contributed by atoms with Crippen LogP contribution in [0.3, 0.4) is 0 Å². The molecule has 9 heteroatoms. The normalized spacial score (nSPS) is 11.9. The van der Waals surface area contributed by atoms with E-state index in [4.69, 9.17) is 16.3 Å². The standard InChI is InChI=1S/C12H10ClN3O3S2/c1-21(17,18)12-3-11(15-20-12)19-6-8-2-9(13)10-4-14-7-16(10)5-8/h2-5,7H,6H2,1H3. The Kier molecular flexibility index (Phi) is 3.60. The zero-order valence-corrected chi connectivity index (χ0v) is 13.2. The summed E-state index contributed by atoms with van der Waals surface area (Å²) in [5.74, 6) is 0.280. The van der Waals surface area contributed by atoms with E-state index in [1.165, 1.54) is 6.07 Å². The lowest BCUT2D eigenvalue weighted by molar-refractivity contribution is 0.296. The minimum absolute atomic E-state index is 0.181. The van der Waals surface area contributed by atoms with Gasteiger partial charge in [-0.25, -0.2) is 13.4 Å². The van der Waals surface area contributed by atoms with Crippen molar-refractivity contribution in [3.8, 4) is 5.88 Å². The summed E-state index contributed by atoms with van der Waals surface area (Å²) < 4.78 is 34.2. The predicted molar refractivity (Wildman–Crippen MR) is 79.8 cm³/mol. The van der Waals surface area contributed by atoms with Crippen molar-refractivity contribution in [1.82, 2.24) is 13.8 Å². The van der Waals surface area contributed by atoms with Crippen LogP contribution in [0, 0.1) is 0 Å². The number of ether oxygens (including phenoxy) is 1. The molecule has 0 saturated carbocycles. The quantitative estimate of drug-likeness (QED) is 0.727. The molecule has 0 fully saturated rings. The molecule has 0 unspecified atom stereocenters. The molecule has 0 aliphatic heterocycles. The molecule has 0 atom stereocenters. The molecule has 0 bridgehead atoms. The van der Waals surface area contributed by atoms with Gasteiger partial charge >= 0.3 is 0 Å². The van der Waals surface area contributed by atoms with Crippen LogP contribution in [0.4, 0.5) is 0 Å². The molecule has 3 aromatic rings. The van der Waals surface area contributed by atoms with Crippen LogP contribution in [0.15, 0.2) is 35.1 Å². The van der Waals surface area contributed by atoms with Crippen LogP contribution < -0.4 is 4.74 Å². The molecule has 0 aliphatic carbocycles. The monoisotopic (exact) mass is 343 g/mol. The van der Waals surface area contributed by atoms with Crippen LogP contribution in [-0.4, -0.2) is 28.4 Å². The van der Waals surface area contributed by atoms with Gasteiger partial charge in [-0.3, -0.25) is 0 Å². The fraction of sp³-hybridized carbons (Fsp3) is 0.167. The number of sulfone groups is 1. The van der Waals surface area contributed by atoms with Crippen molar-refractivity contribution in [2.45, 2.75) is 10.8 Å². The summed E-state index contributed by atoms with van der Waals surface area (Å²) in [5, 5.41) is 0.573. The Morgan fingerprint density at radius 1 is 1.43 bits per heavy atom.